The van der Waals surface area contributed by atoms with Gasteiger partial charge in [0, 0.05) is 17.8 Å². The second-order valence-corrected chi connectivity index (χ2v) is 8.85. The number of halogens is 1. The number of nitrogens with zero attached hydrogens (tertiary/aromatic N) is 1. The Hall–Kier alpha value is -3.90. The van der Waals surface area contributed by atoms with Crippen LogP contribution in [0.15, 0.2) is 84.9 Å². The van der Waals surface area contributed by atoms with Crippen LogP contribution in [0.1, 0.15) is 35.3 Å². The van der Waals surface area contributed by atoms with Crippen molar-refractivity contribution in [3.63, 3.8) is 0 Å². The summed E-state index contributed by atoms with van der Waals surface area (Å²) >= 11 is 0. The van der Waals surface area contributed by atoms with E-state index in [1.165, 1.54) is 28.5 Å². The molecule has 5 rings (SSSR count). The molecule has 0 saturated carbocycles. The van der Waals surface area contributed by atoms with Crippen LogP contribution in [0.2, 0.25) is 0 Å². The number of anilines is 2. The molecule has 5 nitrogen and oxygen atoms in total. The lowest BCUT2D eigenvalue weighted by atomic mass is 9.99. The molecule has 0 aromatic heterocycles. The van der Waals surface area contributed by atoms with E-state index < -0.39 is 5.97 Å². The Bertz CT molecular complexity index is 1370. The van der Waals surface area contributed by atoms with Crippen LogP contribution in [0.5, 0.6) is 5.75 Å². The summed E-state index contributed by atoms with van der Waals surface area (Å²) in [7, 11) is 0. The number of hydrogen-bond acceptors (Lipinski definition) is 4. The van der Waals surface area contributed by atoms with Gasteiger partial charge in [0.1, 0.15) is 17.7 Å². The highest BCUT2D eigenvalue weighted by Gasteiger charge is 2.27. The molecule has 2 atom stereocenters. The standard InChI is InChI=1S/C29H27FN2O3/c1-19(25-11-5-7-20-6-2-3-10-26(20)25)31-15-14-24-18-32(23-9-4-8-21(16-23)29(33)34)27-17-22(30)12-13-28(27)35-24/h2-13,16-17,19,24,31H,14-15,18H2,1H3,(H,33,34)/t19-,24?/m1/s1. The third kappa shape index (κ3) is 4.84. The summed E-state index contributed by atoms with van der Waals surface area (Å²) in [6, 6.07) is 26.0. The monoisotopic (exact) mass is 470 g/mol. The van der Waals surface area contributed by atoms with Gasteiger partial charge in [-0.1, -0.05) is 48.5 Å². The van der Waals surface area contributed by atoms with Gasteiger partial charge in [-0.3, -0.25) is 0 Å². The minimum atomic E-state index is -0.997. The topological polar surface area (TPSA) is 61.8 Å². The number of carbonyl (C=O) groups is 1. The lowest BCUT2D eigenvalue weighted by Crippen LogP contribution is -2.39. The van der Waals surface area contributed by atoms with Crippen molar-refractivity contribution in [1.29, 1.82) is 0 Å². The summed E-state index contributed by atoms with van der Waals surface area (Å²) in [5.74, 6) is -0.774. The van der Waals surface area contributed by atoms with Gasteiger partial charge in [0.05, 0.1) is 17.8 Å². The number of fused-ring (bicyclic) bond motifs is 2. The van der Waals surface area contributed by atoms with Gasteiger partial charge in [0.15, 0.2) is 0 Å². The van der Waals surface area contributed by atoms with Gasteiger partial charge < -0.3 is 20.1 Å². The number of ether oxygens (including phenoxy) is 1. The van der Waals surface area contributed by atoms with Crippen molar-refractivity contribution in [2.24, 2.45) is 0 Å². The number of benzene rings is 4. The Kier molecular flexibility index (Phi) is 6.38. The Morgan fingerprint density at radius 2 is 1.89 bits per heavy atom. The van der Waals surface area contributed by atoms with Crippen molar-refractivity contribution in [1.82, 2.24) is 5.32 Å². The highest BCUT2D eigenvalue weighted by atomic mass is 19.1. The fraction of sp³-hybridized carbons (Fsp3) is 0.207. The van der Waals surface area contributed by atoms with E-state index >= 15 is 0 Å². The molecule has 0 aliphatic carbocycles. The minimum Gasteiger partial charge on any atom is -0.486 e. The molecular formula is C29H27FN2O3. The first-order valence-corrected chi connectivity index (χ1v) is 11.8. The third-order valence-corrected chi connectivity index (χ3v) is 6.50. The van der Waals surface area contributed by atoms with Crippen LogP contribution in [0, 0.1) is 5.82 Å². The molecule has 0 fully saturated rings. The summed E-state index contributed by atoms with van der Waals surface area (Å²) < 4.78 is 20.3. The van der Waals surface area contributed by atoms with E-state index in [0.717, 1.165) is 13.0 Å². The first kappa shape index (κ1) is 22.9. The van der Waals surface area contributed by atoms with Crippen molar-refractivity contribution < 1.29 is 19.0 Å². The smallest absolute Gasteiger partial charge is 0.335 e. The molecular weight excluding hydrogens is 443 g/mol. The number of nitrogens with one attached hydrogen (secondary N) is 1. The molecule has 0 radical (unpaired) electrons. The van der Waals surface area contributed by atoms with Crippen molar-refractivity contribution >= 4 is 28.1 Å². The number of rotatable bonds is 7. The van der Waals surface area contributed by atoms with E-state index in [2.05, 4.69) is 48.6 Å². The SMILES string of the molecule is C[C@@H](NCCC1CN(c2cccc(C(=O)O)c2)c2cc(F)ccc2O1)c1cccc2ccccc12. The molecule has 2 N–H and O–H groups in total. The van der Waals surface area contributed by atoms with E-state index in [1.54, 1.807) is 24.3 Å². The van der Waals surface area contributed by atoms with Crippen LogP contribution in [-0.4, -0.2) is 30.3 Å². The first-order valence-electron chi connectivity index (χ1n) is 11.8. The zero-order valence-corrected chi connectivity index (χ0v) is 19.4. The molecule has 1 aliphatic rings. The van der Waals surface area contributed by atoms with Crippen LogP contribution in [-0.2, 0) is 0 Å². The Labute approximate surface area is 203 Å². The number of carboxylic acids is 1. The summed E-state index contributed by atoms with van der Waals surface area (Å²) in [6.45, 7) is 3.38. The molecule has 1 aliphatic heterocycles. The van der Waals surface area contributed by atoms with Gasteiger partial charge in [-0.2, -0.15) is 0 Å². The average molecular weight is 471 g/mol. The zero-order valence-electron chi connectivity index (χ0n) is 19.4. The molecule has 0 amide bonds. The van der Waals surface area contributed by atoms with Crippen LogP contribution in [0.4, 0.5) is 15.8 Å². The summed E-state index contributed by atoms with van der Waals surface area (Å²) in [5.41, 5.74) is 2.73. The molecule has 6 heteroatoms. The second-order valence-electron chi connectivity index (χ2n) is 8.85. The van der Waals surface area contributed by atoms with Crippen molar-refractivity contribution in [2.75, 3.05) is 18.0 Å². The van der Waals surface area contributed by atoms with Crippen molar-refractivity contribution in [3.8, 4) is 5.75 Å². The predicted molar refractivity (Wildman–Crippen MR) is 136 cm³/mol. The van der Waals surface area contributed by atoms with Crippen LogP contribution < -0.4 is 15.0 Å². The van der Waals surface area contributed by atoms with Gasteiger partial charge in [0.25, 0.3) is 0 Å². The molecule has 0 spiro atoms. The lowest BCUT2D eigenvalue weighted by molar-refractivity contribution is 0.0697. The molecule has 1 unspecified atom stereocenters. The predicted octanol–water partition coefficient (Wildman–Crippen LogP) is 6.32. The second kappa shape index (κ2) is 9.76. The van der Waals surface area contributed by atoms with Crippen molar-refractivity contribution in [3.05, 3.63) is 102 Å². The van der Waals surface area contributed by atoms with Crippen LogP contribution in [0.3, 0.4) is 0 Å². The van der Waals surface area contributed by atoms with Gasteiger partial charge >= 0.3 is 5.97 Å². The molecule has 4 aromatic rings. The number of aromatic carboxylic acids is 1. The molecule has 178 valence electrons. The van der Waals surface area contributed by atoms with Gasteiger partial charge in [-0.15, -0.1) is 0 Å². The minimum absolute atomic E-state index is 0.145. The number of hydrogen-bond donors (Lipinski definition) is 2. The highest BCUT2D eigenvalue weighted by molar-refractivity contribution is 5.89. The largest absolute Gasteiger partial charge is 0.486 e. The summed E-state index contributed by atoms with van der Waals surface area (Å²) in [6.07, 6.45) is 0.592. The van der Waals surface area contributed by atoms with Gasteiger partial charge in [-0.25, -0.2) is 9.18 Å². The van der Waals surface area contributed by atoms with Crippen molar-refractivity contribution in [2.45, 2.75) is 25.5 Å². The summed E-state index contributed by atoms with van der Waals surface area (Å²) in [5, 5.41) is 15.5. The van der Waals surface area contributed by atoms with Crippen LogP contribution >= 0.6 is 0 Å². The Morgan fingerprint density at radius 1 is 1.09 bits per heavy atom. The molecule has 0 bridgehead atoms. The zero-order chi connectivity index (χ0) is 24.4. The Morgan fingerprint density at radius 3 is 2.74 bits per heavy atom. The fourth-order valence-corrected chi connectivity index (χ4v) is 4.72. The van der Waals surface area contributed by atoms with E-state index in [1.807, 2.05) is 17.0 Å². The van der Waals surface area contributed by atoms with E-state index in [9.17, 15) is 14.3 Å². The van der Waals surface area contributed by atoms with Gasteiger partial charge in [-0.05, 0) is 66.6 Å². The quantitative estimate of drug-likeness (QED) is 0.331. The maximum atomic E-state index is 14.1. The van der Waals surface area contributed by atoms with E-state index in [-0.39, 0.29) is 23.5 Å². The van der Waals surface area contributed by atoms with E-state index in [4.69, 9.17) is 4.74 Å². The van der Waals surface area contributed by atoms with Crippen LogP contribution in [0.25, 0.3) is 10.8 Å². The fourth-order valence-electron chi connectivity index (χ4n) is 4.72. The van der Waals surface area contributed by atoms with E-state index in [0.29, 0.717) is 23.7 Å². The maximum Gasteiger partial charge on any atom is 0.335 e. The normalized spacial score (nSPS) is 15.9. The first-order chi connectivity index (χ1) is 17.0. The lowest BCUT2D eigenvalue weighted by Gasteiger charge is -2.36. The third-order valence-electron chi connectivity index (χ3n) is 6.50. The average Bonchev–Trinajstić information content (AvgIpc) is 2.88. The highest BCUT2D eigenvalue weighted by Crippen LogP contribution is 2.39. The maximum absolute atomic E-state index is 14.1. The molecule has 1 heterocycles. The summed E-state index contributed by atoms with van der Waals surface area (Å²) in [4.78, 5) is 13.4. The molecule has 35 heavy (non-hydrogen) atoms. The number of carboxylic acid groups (broad SMARTS) is 1. The van der Waals surface area contributed by atoms with Gasteiger partial charge in [0.2, 0.25) is 0 Å². The molecule has 0 saturated heterocycles. The Balaban J connectivity index is 1.32. The molecule has 4 aromatic carbocycles.